The average Bonchev–Trinajstić information content (AvgIpc) is 3.32. The highest BCUT2D eigenvalue weighted by molar-refractivity contribution is 6.30. The van der Waals surface area contributed by atoms with Gasteiger partial charge in [0.25, 0.3) is 11.7 Å². The number of methoxy groups -OCH3 is 1. The van der Waals surface area contributed by atoms with Crippen molar-refractivity contribution in [1.82, 2.24) is 5.32 Å². The molecule has 1 aromatic carbocycles. The third-order valence-corrected chi connectivity index (χ3v) is 10.3. The maximum absolute atomic E-state index is 13.9. The molecule has 7 bridgehead atoms. The fourth-order valence-corrected chi connectivity index (χ4v) is 7.31. The zero-order valence-electron chi connectivity index (χ0n) is 30.2. The normalized spacial score (nSPS) is 36.8. The number of Topliss-reactive ketones (excluding diaryl/α,β-unsaturated/α-hetero) is 2. The van der Waals surface area contributed by atoms with Crippen LogP contribution in [0.1, 0.15) is 92.0 Å². The van der Waals surface area contributed by atoms with Gasteiger partial charge in [0.2, 0.25) is 5.78 Å². The van der Waals surface area contributed by atoms with Crippen LogP contribution in [0.15, 0.2) is 47.9 Å². The summed E-state index contributed by atoms with van der Waals surface area (Å²) in [7, 11) is 1.49. The van der Waals surface area contributed by atoms with Crippen LogP contribution in [0.4, 0.5) is 0 Å². The lowest BCUT2D eigenvalue weighted by Gasteiger charge is -2.49. The molecule has 0 aromatic heterocycles. The number of rotatable bonds is 1. The van der Waals surface area contributed by atoms with Crippen molar-refractivity contribution < 1.29 is 53.1 Å². The zero-order valence-corrected chi connectivity index (χ0v) is 30.2. The van der Waals surface area contributed by atoms with E-state index < -0.39 is 64.3 Å². The van der Waals surface area contributed by atoms with Crippen LogP contribution in [-0.4, -0.2) is 76.6 Å². The first-order valence-corrected chi connectivity index (χ1v) is 16.8. The van der Waals surface area contributed by atoms with Crippen LogP contribution in [-0.2, 0) is 23.7 Å². The molecule has 9 atom stereocenters. The number of fused-ring (bicyclic) bond motifs is 10. The maximum atomic E-state index is 13.9. The minimum absolute atomic E-state index is 0.0484. The second kappa shape index (κ2) is 13.6. The smallest absolute Gasteiger partial charge is 0.312 e. The molecule has 1 fully saturated rings. The number of benzene rings is 1. The number of aliphatic hydroxyl groups excluding tert-OH is 1. The number of ether oxygens (including phenoxy) is 5. The molecule has 0 radical (unpaired) electrons. The van der Waals surface area contributed by atoms with E-state index in [0.717, 1.165) is 6.08 Å². The number of ketones is 3. The summed E-state index contributed by atoms with van der Waals surface area (Å²) in [5, 5.41) is 25.3. The van der Waals surface area contributed by atoms with Crippen LogP contribution in [0.3, 0.4) is 0 Å². The Balaban J connectivity index is 1.59. The maximum Gasteiger partial charge on any atom is 0.312 e. The molecule has 50 heavy (non-hydrogen) atoms. The summed E-state index contributed by atoms with van der Waals surface area (Å²) >= 11 is 0. The molecule has 1 saturated heterocycles. The van der Waals surface area contributed by atoms with Gasteiger partial charge in [-0.3, -0.25) is 19.2 Å². The number of aromatic hydroxyl groups is 1. The fraction of sp³-hybridized carbons (Fsp3) is 0.526. The summed E-state index contributed by atoms with van der Waals surface area (Å²) in [5.41, 5.74) is -1.00. The molecule has 1 amide bonds. The molecule has 5 aliphatic rings. The third-order valence-electron chi connectivity index (χ3n) is 10.3. The van der Waals surface area contributed by atoms with Crippen LogP contribution in [0.5, 0.6) is 11.5 Å². The molecule has 270 valence electrons. The number of carbonyl (C=O) groups is 4. The summed E-state index contributed by atoms with van der Waals surface area (Å²) in [6.07, 6.45) is 6.70. The summed E-state index contributed by atoms with van der Waals surface area (Å²) in [6.45, 7) is 15.8. The predicted octanol–water partition coefficient (Wildman–Crippen LogP) is 4.86. The van der Waals surface area contributed by atoms with E-state index in [2.05, 4.69) is 5.32 Å². The van der Waals surface area contributed by atoms with E-state index in [-0.39, 0.29) is 63.7 Å². The molecule has 0 unspecified atom stereocenters. The first kappa shape index (κ1) is 37.2. The topological polar surface area (TPSA) is 167 Å². The predicted molar refractivity (Wildman–Crippen MR) is 182 cm³/mol. The fourth-order valence-electron chi connectivity index (χ4n) is 7.31. The van der Waals surface area contributed by atoms with Gasteiger partial charge in [0.15, 0.2) is 11.6 Å². The van der Waals surface area contributed by atoms with Gasteiger partial charge >= 0.3 is 5.79 Å². The Bertz CT molecular complexity index is 1740. The highest BCUT2D eigenvalue weighted by atomic mass is 16.7. The van der Waals surface area contributed by atoms with E-state index in [1.165, 1.54) is 27.2 Å². The lowest BCUT2D eigenvalue weighted by molar-refractivity contribution is -0.336. The Morgan fingerprint density at radius 2 is 1.54 bits per heavy atom. The van der Waals surface area contributed by atoms with E-state index in [9.17, 15) is 29.4 Å². The lowest BCUT2D eigenvalue weighted by atomic mass is 9.77. The minimum Gasteiger partial charge on any atom is -0.507 e. The highest BCUT2D eigenvalue weighted by Crippen LogP contribution is 2.48. The Labute approximate surface area is 292 Å². The molecule has 0 saturated carbocycles. The van der Waals surface area contributed by atoms with E-state index in [1.54, 1.807) is 25.2 Å². The number of hydrogen-bond acceptors (Lipinski definition) is 11. The van der Waals surface area contributed by atoms with Gasteiger partial charge in [0, 0.05) is 54.9 Å². The average molecular weight is 694 g/mol. The van der Waals surface area contributed by atoms with Crippen molar-refractivity contribution in [3.8, 4) is 11.5 Å². The third kappa shape index (κ3) is 6.45. The van der Waals surface area contributed by atoms with Crippen LogP contribution in [0.25, 0.3) is 0 Å². The molecular weight excluding hydrogens is 646 g/mol. The Kier molecular flexibility index (Phi) is 10.1. The van der Waals surface area contributed by atoms with Gasteiger partial charge in [-0.15, -0.1) is 0 Å². The van der Waals surface area contributed by atoms with Crippen molar-refractivity contribution in [2.24, 2.45) is 23.7 Å². The van der Waals surface area contributed by atoms with Gasteiger partial charge in [-0.05, 0) is 33.8 Å². The number of carbonyl (C=O) groups excluding carboxylic acids is 4. The van der Waals surface area contributed by atoms with E-state index in [1.807, 2.05) is 47.6 Å². The number of amides is 1. The van der Waals surface area contributed by atoms with Gasteiger partial charge in [0.05, 0.1) is 53.1 Å². The molecule has 1 aromatic rings. The van der Waals surface area contributed by atoms with Gasteiger partial charge in [0.1, 0.15) is 11.5 Å². The van der Waals surface area contributed by atoms with Gasteiger partial charge < -0.3 is 39.2 Å². The SMILES string of the molecule is CO[C@H]1/C=C\O[C@@]2(C)Oc3c(C)c(O)c4c(c3C2=O)C(=O)C=C(NC(=O)/C(C)=C\C=C/[C@H](C)[C@@H]2OC(C)(C)O[C@@H]([C@@H](C)[C@H](O)[C@@H]1C)[C@@H]2C)C4=O. The standard InChI is InChI=1S/C38H47NO11/c1-17-12-11-13-18(2)36(45)39-23-16-24(40)26-27(31(23)43)30(42)21(5)34-28(26)35(44)38(9,50-34)47-15-14-25(46-10)19(3)29(41)20(4)33-22(6)32(17)48-37(7,8)49-33/h11-17,19-20,22,25,29,32-33,41-42H,1-10H3,(H,39,45)/b12-11-,15-14-,18-13-/t17-,19+,20-,22+,25-,29+,32-,33-,38-/m0/s1. The second-order valence-electron chi connectivity index (χ2n) is 14.4. The molecule has 1 aliphatic carbocycles. The quantitative estimate of drug-likeness (QED) is 0.368. The Morgan fingerprint density at radius 1 is 0.880 bits per heavy atom. The molecule has 6 rings (SSSR count). The molecule has 4 aliphatic heterocycles. The summed E-state index contributed by atoms with van der Waals surface area (Å²) < 4.78 is 30.3. The number of phenols is 1. The van der Waals surface area contributed by atoms with Gasteiger partial charge in [-0.25, -0.2) is 0 Å². The largest absolute Gasteiger partial charge is 0.507 e. The Hall–Kier alpha value is -4.10. The zero-order chi connectivity index (χ0) is 37.0. The van der Waals surface area contributed by atoms with Crippen molar-refractivity contribution >= 4 is 23.3 Å². The Morgan fingerprint density at radius 3 is 2.20 bits per heavy atom. The van der Waals surface area contributed by atoms with E-state index in [0.29, 0.717) is 0 Å². The van der Waals surface area contributed by atoms with E-state index >= 15 is 0 Å². The van der Waals surface area contributed by atoms with Gasteiger partial charge in [-0.1, -0.05) is 45.9 Å². The minimum atomic E-state index is -1.97. The second-order valence-corrected chi connectivity index (χ2v) is 14.4. The van der Waals surface area contributed by atoms with Crippen LogP contribution >= 0.6 is 0 Å². The van der Waals surface area contributed by atoms with Crippen LogP contribution < -0.4 is 10.1 Å². The summed E-state index contributed by atoms with van der Waals surface area (Å²) in [5.74, 6) is -7.63. The molecule has 12 nitrogen and oxygen atoms in total. The number of hydrogen-bond donors (Lipinski definition) is 3. The van der Waals surface area contributed by atoms with Crippen molar-refractivity contribution in [1.29, 1.82) is 0 Å². The number of phenolic OH excluding ortho intramolecular Hbond substituents is 1. The van der Waals surface area contributed by atoms with Crippen molar-refractivity contribution in [3.63, 3.8) is 0 Å². The molecule has 12 heteroatoms. The van der Waals surface area contributed by atoms with E-state index in [4.69, 9.17) is 23.7 Å². The summed E-state index contributed by atoms with van der Waals surface area (Å²) in [6, 6.07) is 0. The lowest BCUT2D eigenvalue weighted by Crippen LogP contribution is -2.56. The summed E-state index contributed by atoms with van der Waals surface area (Å²) in [4.78, 5) is 54.2. The molecule has 3 N–H and O–H groups in total. The number of aliphatic hydroxyl groups is 1. The van der Waals surface area contributed by atoms with Crippen LogP contribution in [0, 0.1) is 30.6 Å². The van der Waals surface area contributed by atoms with Crippen LogP contribution in [0.2, 0.25) is 0 Å². The monoisotopic (exact) mass is 693 g/mol. The first-order valence-electron chi connectivity index (χ1n) is 16.8. The van der Waals surface area contributed by atoms with Gasteiger partial charge in [-0.2, -0.15) is 0 Å². The number of nitrogens with one attached hydrogen (secondary N) is 1. The van der Waals surface area contributed by atoms with Crippen molar-refractivity contribution in [2.75, 3.05) is 7.11 Å². The molecular formula is C38H47NO11. The molecule has 0 spiro atoms. The number of allylic oxidation sites excluding steroid dienone is 4. The first-order chi connectivity index (χ1) is 23.3. The highest BCUT2D eigenvalue weighted by Gasteiger charge is 2.52. The molecule has 4 heterocycles. The van der Waals surface area contributed by atoms with Crippen molar-refractivity contribution in [2.45, 2.75) is 98.3 Å². The van der Waals surface area contributed by atoms with Crippen molar-refractivity contribution in [3.05, 3.63) is 70.2 Å².